The van der Waals surface area contributed by atoms with Crippen molar-refractivity contribution in [3.63, 3.8) is 0 Å². The van der Waals surface area contributed by atoms with Gasteiger partial charge < -0.3 is 9.84 Å². The van der Waals surface area contributed by atoms with E-state index in [2.05, 4.69) is 40.7 Å². The van der Waals surface area contributed by atoms with Crippen LogP contribution in [0.15, 0.2) is 11.6 Å². The van der Waals surface area contributed by atoms with Crippen LogP contribution in [0.5, 0.6) is 0 Å². The van der Waals surface area contributed by atoms with Crippen LogP contribution in [0.1, 0.15) is 79.6 Å². The summed E-state index contributed by atoms with van der Waals surface area (Å²) in [7, 11) is 0. The molecule has 1 heterocycles. The number of cyclic esters (lactones) is 1. The van der Waals surface area contributed by atoms with Crippen LogP contribution in [0.2, 0.25) is 0 Å². The second-order valence-electron chi connectivity index (χ2n) is 12.2. The van der Waals surface area contributed by atoms with E-state index in [4.69, 9.17) is 4.74 Å². The van der Waals surface area contributed by atoms with Gasteiger partial charge in [-0.05, 0) is 78.1 Å². The second kappa shape index (κ2) is 5.65. The smallest absolute Gasteiger partial charge is 0.314 e. The van der Waals surface area contributed by atoms with E-state index in [-0.39, 0.29) is 22.7 Å². The Balaban J connectivity index is 1.60. The lowest BCUT2D eigenvalue weighted by molar-refractivity contribution is -0.232. The highest BCUT2D eigenvalue weighted by Gasteiger charge is 2.69. The number of allylic oxidation sites excluding steroid dienone is 1. The van der Waals surface area contributed by atoms with Gasteiger partial charge in [-0.1, -0.05) is 47.1 Å². The molecule has 3 heteroatoms. The number of ether oxygens (including phenoxy) is 1. The molecule has 28 heavy (non-hydrogen) atoms. The van der Waals surface area contributed by atoms with Crippen molar-refractivity contribution < 1.29 is 14.6 Å². The number of esters is 1. The number of aliphatic hydroxyl groups excluding tert-OH is 1. The van der Waals surface area contributed by atoms with Crippen LogP contribution < -0.4 is 0 Å². The molecule has 0 bridgehead atoms. The molecule has 0 amide bonds. The van der Waals surface area contributed by atoms with Gasteiger partial charge in [0.05, 0.1) is 12.0 Å². The normalized spacial score (nSPS) is 54.6. The minimum absolute atomic E-state index is 0.0988. The first-order chi connectivity index (χ1) is 13.0. The Morgan fingerprint density at radius 1 is 1.00 bits per heavy atom. The SMILES string of the molecule is CC1(C)CCC[C@]2(C)[C@H]3C[C@@H](O)[C@]4(C)C5C(=O)OCC5=CC[C@H]4[C@]3(C)CC[C@@H]12. The Hall–Kier alpha value is -0.830. The van der Waals surface area contributed by atoms with Crippen LogP contribution in [0.3, 0.4) is 0 Å². The zero-order valence-electron chi connectivity index (χ0n) is 18.4. The van der Waals surface area contributed by atoms with E-state index in [1.165, 1.54) is 32.1 Å². The Morgan fingerprint density at radius 2 is 1.71 bits per heavy atom. The predicted molar refractivity (Wildman–Crippen MR) is 109 cm³/mol. The van der Waals surface area contributed by atoms with Crippen molar-refractivity contribution in [2.75, 3.05) is 6.61 Å². The van der Waals surface area contributed by atoms with Gasteiger partial charge in [0.25, 0.3) is 0 Å². The first kappa shape index (κ1) is 19.2. The zero-order chi connectivity index (χ0) is 20.1. The molecule has 3 nitrogen and oxygen atoms in total. The zero-order valence-corrected chi connectivity index (χ0v) is 18.4. The Kier molecular flexibility index (Phi) is 3.86. The number of fused-ring (bicyclic) bond motifs is 7. The van der Waals surface area contributed by atoms with Crippen molar-refractivity contribution in [3.8, 4) is 0 Å². The van der Waals surface area contributed by atoms with Gasteiger partial charge in [0.2, 0.25) is 0 Å². The highest BCUT2D eigenvalue weighted by molar-refractivity contribution is 5.80. The summed E-state index contributed by atoms with van der Waals surface area (Å²) in [6, 6.07) is 0. The Morgan fingerprint density at radius 3 is 2.46 bits per heavy atom. The minimum Gasteiger partial charge on any atom is -0.461 e. The molecule has 5 rings (SSSR count). The monoisotopic (exact) mass is 386 g/mol. The average Bonchev–Trinajstić information content (AvgIpc) is 2.99. The molecule has 5 aliphatic rings. The van der Waals surface area contributed by atoms with Crippen LogP contribution in [-0.4, -0.2) is 23.8 Å². The molecule has 0 spiro atoms. The van der Waals surface area contributed by atoms with Crippen molar-refractivity contribution in [2.24, 2.45) is 45.3 Å². The largest absolute Gasteiger partial charge is 0.461 e. The maximum absolute atomic E-state index is 12.7. The van der Waals surface area contributed by atoms with Crippen molar-refractivity contribution in [1.82, 2.24) is 0 Å². The molecule has 4 fully saturated rings. The fourth-order valence-corrected chi connectivity index (χ4v) is 9.55. The fraction of sp³-hybridized carbons (Fsp3) is 0.880. The van der Waals surface area contributed by atoms with E-state index < -0.39 is 6.10 Å². The van der Waals surface area contributed by atoms with Crippen LogP contribution in [0.25, 0.3) is 0 Å². The van der Waals surface area contributed by atoms with Gasteiger partial charge in [-0.25, -0.2) is 0 Å². The first-order valence-electron chi connectivity index (χ1n) is 11.6. The quantitative estimate of drug-likeness (QED) is 0.464. The van der Waals surface area contributed by atoms with Crippen LogP contribution in [0.4, 0.5) is 0 Å². The summed E-state index contributed by atoms with van der Waals surface area (Å²) < 4.78 is 5.45. The van der Waals surface area contributed by atoms with E-state index in [0.29, 0.717) is 29.3 Å². The van der Waals surface area contributed by atoms with Gasteiger partial charge in [-0.15, -0.1) is 0 Å². The molecule has 0 aromatic rings. The molecule has 0 aromatic carbocycles. The summed E-state index contributed by atoms with van der Waals surface area (Å²) in [6.45, 7) is 12.6. The predicted octanol–water partition coefficient (Wildman–Crippen LogP) is 5.13. The summed E-state index contributed by atoms with van der Waals surface area (Å²) in [5, 5.41) is 11.6. The molecular weight excluding hydrogens is 348 g/mol. The van der Waals surface area contributed by atoms with Crippen LogP contribution >= 0.6 is 0 Å². The number of carbonyl (C=O) groups is 1. The van der Waals surface area contributed by atoms with Gasteiger partial charge in [-0.3, -0.25) is 4.79 Å². The molecule has 1 N–H and O–H groups in total. The first-order valence-corrected chi connectivity index (χ1v) is 11.6. The summed E-state index contributed by atoms with van der Waals surface area (Å²) in [4.78, 5) is 12.7. The fourth-order valence-electron chi connectivity index (χ4n) is 9.55. The lowest BCUT2D eigenvalue weighted by atomic mass is 9.35. The van der Waals surface area contributed by atoms with Gasteiger partial charge in [0, 0.05) is 5.41 Å². The standard InChI is InChI=1S/C25H38O3/c1-22(2)10-6-11-23(3)16(22)9-12-24(4)17-8-7-15-14-28-21(27)20(15)25(17,5)19(26)13-18(23)24/h7,16-20,26H,6,8-14H2,1-5H3/t16-,17-,18+,19+,20?,23-,24-,25+/m0/s1. The van der Waals surface area contributed by atoms with Gasteiger partial charge >= 0.3 is 5.97 Å². The molecule has 1 unspecified atom stereocenters. The highest BCUT2D eigenvalue weighted by Crippen LogP contribution is 2.73. The molecule has 8 atom stereocenters. The molecule has 3 saturated carbocycles. The topological polar surface area (TPSA) is 46.5 Å². The van der Waals surface area contributed by atoms with E-state index in [1.807, 2.05) is 0 Å². The van der Waals surface area contributed by atoms with E-state index >= 15 is 0 Å². The minimum atomic E-state index is -0.421. The molecule has 0 radical (unpaired) electrons. The summed E-state index contributed by atoms with van der Waals surface area (Å²) >= 11 is 0. The summed E-state index contributed by atoms with van der Waals surface area (Å²) in [5.74, 6) is 1.31. The highest BCUT2D eigenvalue weighted by atomic mass is 16.5. The van der Waals surface area contributed by atoms with E-state index in [1.54, 1.807) is 0 Å². The van der Waals surface area contributed by atoms with Crippen molar-refractivity contribution in [1.29, 1.82) is 0 Å². The van der Waals surface area contributed by atoms with Crippen molar-refractivity contribution >= 4 is 5.97 Å². The molecule has 0 aromatic heterocycles. The maximum Gasteiger partial charge on any atom is 0.314 e. The molecule has 156 valence electrons. The summed E-state index contributed by atoms with van der Waals surface area (Å²) in [6.07, 6.45) is 10.2. The Labute approximate surface area is 170 Å². The Bertz CT molecular complexity index is 738. The number of hydrogen-bond donors (Lipinski definition) is 1. The number of hydrogen-bond acceptors (Lipinski definition) is 3. The number of carbonyl (C=O) groups excluding carboxylic acids is 1. The number of rotatable bonds is 0. The van der Waals surface area contributed by atoms with Crippen LogP contribution in [-0.2, 0) is 9.53 Å². The van der Waals surface area contributed by atoms with E-state index in [9.17, 15) is 9.90 Å². The molecule has 1 aliphatic heterocycles. The lowest BCUT2D eigenvalue weighted by Crippen LogP contribution is -2.66. The van der Waals surface area contributed by atoms with E-state index in [0.717, 1.165) is 24.3 Å². The maximum atomic E-state index is 12.7. The third-order valence-electron chi connectivity index (χ3n) is 10.8. The lowest BCUT2D eigenvalue weighted by Gasteiger charge is -2.70. The van der Waals surface area contributed by atoms with Crippen LogP contribution in [0, 0.1) is 45.3 Å². The van der Waals surface area contributed by atoms with Crippen molar-refractivity contribution in [2.45, 2.75) is 85.7 Å². The van der Waals surface area contributed by atoms with Crippen molar-refractivity contribution in [3.05, 3.63) is 11.6 Å². The third kappa shape index (κ3) is 2.13. The molecule has 1 saturated heterocycles. The summed E-state index contributed by atoms with van der Waals surface area (Å²) in [5.41, 5.74) is 1.64. The average molecular weight is 387 g/mol. The third-order valence-corrected chi connectivity index (χ3v) is 10.8. The number of aliphatic hydroxyl groups is 1. The second-order valence-corrected chi connectivity index (χ2v) is 12.2. The van der Waals surface area contributed by atoms with Gasteiger partial charge in [0.15, 0.2) is 0 Å². The molecule has 4 aliphatic carbocycles. The van der Waals surface area contributed by atoms with Gasteiger partial charge in [0.1, 0.15) is 6.61 Å². The van der Waals surface area contributed by atoms with Gasteiger partial charge in [-0.2, -0.15) is 0 Å². The molecular formula is C25H38O3.